The summed E-state index contributed by atoms with van der Waals surface area (Å²) in [6, 6.07) is 5.17. The third kappa shape index (κ3) is 4.13. The molecule has 150 valence electrons. The standard InChI is InChI=1S/C17H14Cl2F2N2O4S/c18-11-9-12(19)15(28(25,26)23-4-6-27-7-5-23)8-10(11)17(24)22-16-13(20)2-1-3-14(16)21/h1-3,8-9H,4-7H2,(H,22,24). The van der Waals surface area contributed by atoms with Crippen LogP contribution in [-0.4, -0.2) is 44.9 Å². The summed E-state index contributed by atoms with van der Waals surface area (Å²) in [7, 11) is -4.02. The molecule has 28 heavy (non-hydrogen) atoms. The molecule has 1 saturated heterocycles. The van der Waals surface area contributed by atoms with Crippen LogP contribution in [0.3, 0.4) is 0 Å². The van der Waals surface area contributed by atoms with Crippen LogP contribution in [0.1, 0.15) is 10.4 Å². The van der Waals surface area contributed by atoms with Gasteiger partial charge < -0.3 is 10.1 Å². The van der Waals surface area contributed by atoms with Gasteiger partial charge in [0.25, 0.3) is 5.91 Å². The van der Waals surface area contributed by atoms with E-state index in [-0.39, 0.29) is 46.8 Å². The van der Waals surface area contributed by atoms with Crippen molar-refractivity contribution in [1.29, 1.82) is 0 Å². The Bertz CT molecular complexity index is 1010. The first-order valence-electron chi connectivity index (χ1n) is 8.04. The normalized spacial score (nSPS) is 15.4. The third-order valence-electron chi connectivity index (χ3n) is 4.06. The van der Waals surface area contributed by atoms with Crippen LogP contribution >= 0.6 is 23.2 Å². The van der Waals surface area contributed by atoms with Crippen molar-refractivity contribution in [2.75, 3.05) is 31.6 Å². The second-order valence-electron chi connectivity index (χ2n) is 5.83. The molecule has 1 aliphatic rings. The number of benzene rings is 2. The van der Waals surface area contributed by atoms with Crippen LogP contribution in [-0.2, 0) is 14.8 Å². The SMILES string of the molecule is O=C(Nc1c(F)cccc1F)c1cc(S(=O)(=O)N2CCOCC2)c(Cl)cc1Cl. The minimum absolute atomic E-state index is 0.128. The molecule has 11 heteroatoms. The molecule has 3 rings (SSSR count). The van der Waals surface area contributed by atoms with E-state index in [1.165, 1.54) is 4.31 Å². The number of hydrogen-bond acceptors (Lipinski definition) is 4. The molecule has 0 atom stereocenters. The number of nitrogens with one attached hydrogen (secondary N) is 1. The molecule has 0 aromatic heterocycles. The number of morpholine rings is 1. The molecule has 0 unspecified atom stereocenters. The monoisotopic (exact) mass is 450 g/mol. The van der Waals surface area contributed by atoms with Gasteiger partial charge in [-0.25, -0.2) is 17.2 Å². The lowest BCUT2D eigenvalue weighted by Crippen LogP contribution is -2.40. The molecule has 1 aliphatic heterocycles. The Hall–Kier alpha value is -1.78. The molecule has 0 aliphatic carbocycles. The maximum atomic E-state index is 13.8. The molecular weight excluding hydrogens is 437 g/mol. The molecule has 6 nitrogen and oxygen atoms in total. The van der Waals surface area contributed by atoms with Crippen molar-refractivity contribution in [3.63, 3.8) is 0 Å². The number of ether oxygens (including phenoxy) is 1. The van der Waals surface area contributed by atoms with Gasteiger partial charge in [-0.1, -0.05) is 29.3 Å². The first-order valence-corrected chi connectivity index (χ1v) is 10.2. The van der Waals surface area contributed by atoms with Crippen molar-refractivity contribution in [3.8, 4) is 0 Å². The van der Waals surface area contributed by atoms with Gasteiger partial charge >= 0.3 is 0 Å². The largest absolute Gasteiger partial charge is 0.379 e. The molecule has 0 bridgehead atoms. The lowest BCUT2D eigenvalue weighted by molar-refractivity contribution is 0.0730. The van der Waals surface area contributed by atoms with Gasteiger partial charge in [0.15, 0.2) is 0 Å². The molecule has 0 saturated carbocycles. The number of amides is 1. The van der Waals surface area contributed by atoms with E-state index >= 15 is 0 Å². The number of hydrogen-bond donors (Lipinski definition) is 1. The molecule has 0 spiro atoms. The van der Waals surface area contributed by atoms with Crippen molar-refractivity contribution in [1.82, 2.24) is 4.31 Å². The molecular formula is C17H14Cl2F2N2O4S. The average molecular weight is 451 g/mol. The van der Waals surface area contributed by atoms with Crippen molar-refractivity contribution in [2.45, 2.75) is 4.90 Å². The van der Waals surface area contributed by atoms with Crippen LogP contribution < -0.4 is 5.32 Å². The molecule has 1 N–H and O–H groups in total. The first kappa shape index (κ1) is 20.9. The highest BCUT2D eigenvalue weighted by molar-refractivity contribution is 7.89. The van der Waals surface area contributed by atoms with Crippen LogP contribution in [0, 0.1) is 11.6 Å². The van der Waals surface area contributed by atoms with E-state index in [1.54, 1.807) is 0 Å². The number of rotatable bonds is 4. The van der Waals surface area contributed by atoms with Crippen LogP contribution in [0.2, 0.25) is 10.0 Å². The fraction of sp³-hybridized carbons (Fsp3) is 0.235. The zero-order valence-electron chi connectivity index (χ0n) is 14.2. The summed E-state index contributed by atoms with van der Waals surface area (Å²) in [5.74, 6) is -2.96. The summed E-state index contributed by atoms with van der Waals surface area (Å²) in [5.41, 5.74) is -0.961. The Kier molecular flexibility index (Phi) is 6.21. The van der Waals surface area contributed by atoms with Crippen LogP contribution in [0.5, 0.6) is 0 Å². The number of anilines is 1. The molecule has 1 heterocycles. The van der Waals surface area contributed by atoms with Gasteiger partial charge in [-0.15, -0.1) is 0 Å². The fourth-order valence-electron chi connectivity index (χ4n) is 2.62. The summed E-state index contributed by atoms with van der Waals surface area (Å²) in [6.45, 7) is 0.710. The zero-order chi connectivity index (χ0) is 20.5. The molecule has 1 amide bonds. The van der Waals surface area contributed by atoms with Gasteiger partial charge in [0, 0.05) is 13.1 Å². The van der Waals surface area contributed by atoms with Crippen LogP contribution in [0.15, 0.2) is 35.2 Å². The third-order valence-corrected chi connectivity index (χ3v) is 6.73. The maximum Gasteiger partial charge on any atom is 0.257 e. The summed E-state index contributed by atoms with van der Waals surface area (Å²) >= 11 is 12.1. The second-order valence-corrected chi connectivity index (χ2v) is 8.55. The Morgan fingerprint density at radius 1 is 1.07 bits per heavy atom. The number of para-hydroxylation sites is 1. The Balaban J connectivity index is 1.98. The molecule has 2 aromatic rings. The first-order chi connectivity index (χ1) is 13.2. The number of carbonyl (C=O) groups excluding carboxylic acids is 1. The van der Waals surface area contributed by atoms with Crippen LogP contribution in [0.4, 0.5) is 14.5 Å². The average Bonchev–Trinajstić information content (AvgIpc) is 2.65. The number of sulfonamides is 1. The second kappa shape index (κ2) is 8.30. The van der Waals surface area contributed by atoms with E-state index in [0.29, 0.717) is 0 Å². The predicted octanol–water partition coefficient (Wildman–Crippen LogP) is 3.54. The number of carbonyl (C=O) groups is 1. The Morgan fingerprint density at radius 3 is 2.29 bits per heavy atom. The predicted molar refractivity (Wildman–Crippen MR) is 100 cm³/mol. The number of nitrogens with zero attached hydrogens (tertiary/aromatic N) is 1. The van der Waals surface area contributed by atoms with E-state index in [0.717, 1.165) is 30.3 Å². The summed E-state index contributed by atoms with van der Waals surface area (Å²) in [4.78, 5) is 12.2. The van der Waals surface area contributed by atoms with Crippen LogP contribution in [0.25, 0.3) is 0 Å². The minimum Gasteiger partial charge on any atom is -0.379 e. The van der Waals surface area contributed by atoms with Crippen molar-refractivity contribution in [2.24, 2.45) is 0 Å². The minimum atomic E-state index is -4.02. The topological polar surface area (TPSA) is 75.7 Å². The van der Waals surface area contributed by atoms with E-state index in [1.807, 2.05) is 0 Å². The highest BCUT2D eigenvalue weighted by Crippen LogP contribution is 2.32. The molecule has 1 fully saturated rings. The lowest BCUT2D eigenvalue weighted by atomic mass is 10.2. The quantitative estimate of drug-likeness (QED) is 0.772. The Morgan fingerprint density at radius 2 is 1.68 bits per heavy atom. The van der Waals surface area contributed by atoms with Crippen molar-refractivity contribution >= 4 is 44.8 Å². The van der Waals surface area contributed by atoms with E-state index in [2.05, 4.69) is 5.32 Å². The van der Waals surface area contributed by atoms with Gasteiger partial charge in [0.2, 0.25) is 10.0 Å². The lowest BCUT2D eigenvalue weighted by Gasteiger charge is -2.26. The Labute approximate surface area is 170 Å². The molecule has 2 aromatic carbocycles. The van der Waals surface area contributed by atoms with Gasteiger partial charge in [-0.3, -0.25) is 4.79 Å². The van der Waals surface area contributed by atoms with Gasteiger partial charge in [-0.2, -0.15) is 4.31 Å². The smallest absolute Gasteiger partial charge is 0.257 e. The summed E-state index contributed by atoms with van der Waals surface area (Å²) in [5, 5.41) is 1.73. The summed E-state index contributed by atoms with van der Waals surface area (Å²) in [6.07, 6.45) is 0. The summed E-state index contributed by atoms with van der Waals surface area (Å²) < 4.78 is 59.6. The maximum absolute atomic E-state index is 13.8. The highest BCUT2D eigenvalue weighted by Gasteiger charge is 2.30. The van der Waals surface area contributed by atoms with Gasteiger partial charge in [-0.05, 0) is 24.3 Å². The zero-order valence-corrected chi connectivity index (χ0v) is 16.5. The van der Waals surface area contributed by atoms with Crippen molar-refractivity contribution < 1.29 is 26.7 Å². The number of halogens is 4. The van der Waals surface area contributed by atoms with Gasteiger partial charge in [0.1, 0.15) is 22.2 Å². The van der Waals surface area contributed by atoms with E-state index in [9.17, 15) is 22.0 Å². The van der Waals surface area contributed by atoms with Gasteiger partial charge in [0.05, 0.1) is 28.8 Å². The van der Waals surface area contributed by atoms with Crippen molar-refractivity contribution in [3.05, 3.63) is 57.6 Å². The molecule has 0 radical (unpaired) electrons. The fourth-order valence-corrected chi connectivity index (χ4v) is 4.87. The van der Waals surface area contributed by atoms with E-state index < -0.39 is 33.3 Å². The highest BCUT2D eigenvalue weighted by atomic mass is 35.5. The van der Waals surface area contributed by atoms with E-state index in [4.69, 9.17) is 27.9 Å².